The van der Waals surface area contributed by atoms with Gasteiger partial charge in [0.25, 0.3) is 0 Å². The van der Waals surface area contributed by atoms with Crippen LogP contribution in [0.15, 0.2) is 0 Å². The molecule has 1 unspecified atom stereocenters. The molecule has 0 bridgehead atoms. The average molecular weight is 212 g/mol. The molecule has 0 radical (unpaired) electrons. The molecule has 0 saturated carbocycles. The van der Waals surface area contributed by atoms with E-state index in [1.165, 1.54) is 13.8 Å². The van der Waals surface area contributed by atoms with Crippen LogP contribution in [-0.4, -0.2) is 30.7 Å². The van der Waals surface area contributed by atoms with Crippen LogP contribution in [0, 0.1) is 0 Å². The van der Waals surface area contributed by atoms with Gasteiger partial charge in [-0.05, 0) is 6.92 Å². The summed E-state index contributed by atoms with van der Waals surface area (Å²) in [5.74, 6) is -0.471. The van der Waals surface area contributed by atoms with Crippen LogP contribution in [0.5, 0.6) is 0 Å². The minimum Gasteiger partial charge on any atom is -0.460 e. The van der Waals surface area contributed by atoms with Crippen LogP contribution < -0.4 is 0 Å². The van der Waals surface area contributed by atoms with Crippen molar-refractivity contribution in [1.82, 2.24) is 0 Å². The number of phosphoric ester groups is 1. The molecule has 6 nitrogen and oxygen atoms in total. The van der Waals surface area contributed by atoms with Crippen molar-refractivity contribution < 1.29 is 28.0 Å². The van der Waals surface area contributed by atoms with Gasteiger partial charge in [-0.1, -0.05) is 0 Å². The molecule has 0 aromatic carbocycles. The van der Waals surface area contributed by atoms with Crippen molar-refractivity contribution in [3.05, 3.63) is 0 Å². The van der Waals surface area contributed by atoms with E-state index in [9.17, 15) is 9.36 Å². The molecule has 1 N–H and O–H groups in total. The lowest BCUT2D eigenvalue weighted by molar-refractivity contribution is -0.147. The highest BCUT2D eigenvalue weighted by atomic mass is 31.2. The molecule has 0 fully saturated rings. The number of phosphoric acid groups is 1. The standard InChI is InChI=1S/C6H13O6P/c1-5(12-6(2)7)4-11-13(8,9)10-3/h5H,4H2,1-3H3,(H,8,9)/t5-/m1/s1. The second kappa shape index (κ2) is 5.34. The van der Waals surface area contributed by atoms with Crippen molar-refractivity contribution in [1.29, 1.82) is 0 Å². The molecule has 7 heteroatoms. The summed E-state index contributed by atoms with van der Waals surface area (Å²) in [6, 6.07) is 0. The molecule has 0 rings (SSSR count). The summed E-state index contributed by atoms with van der Waals surface area (Å²) >= 11 is 0. The first-order chi connectivity index (χ1) is 5.87. The maximum absolute atomic E-state index is 10.7. The highest BCUT2D eigenvalue weighted by Crippen LogP contribution is 2.41. The van der Waals surface area contributed by atoms with Crippen molar-refractivity contribution in [2.24, 2.45) is 0 Å². The summed E-state index contributed by atoms with van der Waals surface area (Å²) < 4.78 is 24.0. The van der Waals surface area contributed by atoms with Crippen molar-refractivity contribution >= 4 is 13.8 Å². The Morgan fingerprint density at radius 1 is 1.62 bits per heavy atom. The molecule has 0 aliphatic rings. The fourth-order valence-corrected chi connectivity index (χ4v) is 1.07. The van der Waals surface area contributed by atoms with Crippen LogP contribution in [0.1, 0.15) is 13.8 Å². The van der Waals surface area contributed by atoms with Gasteiger partial charge in [-0.3, -0.25) is 13.8 Å². The number of carbonyl (C=O) groups excluding carboxylic acids is 1. The molecule has 0 saturated heterocycles. The summed E-state index contributed by atoms with van der Waals surface area (Å²) in [6.07, 6.45) is -0.576. The lowest BCUT2D eigenvalue weighted by Gasteiger charge is -2.13. The monoisotopic (exact) mass is 212 g/mol. The summed E-state index contributed by atoms with van der Waals surface area (Å²) in [5, 5.41) is 0. The Morgan fingerprint density at radius 3 is 2.54 bits per heavy atom. The van der Waals surface area contributed by atoms with Crippen molar-refractivity contribution in [2.75, 3.05) is 13.7 Å². The largest absolute Gasteiger partial charge is 0.472 e. The number of esters is 1. The predicted molar refractivity (Wildman–Crippen MR) is 44.0 cm³/mol. The zero-order chi connectivity index (χ0) is 10.5. The molecule has 13 heavy (non-hydrogen) atoms. The Kier molecular flexibility index (Phi) is 5.17. The van der Waals surface area contributed by atoms with Gasteiger partial charge in [0.1, 0.15) is 6.10 Å². The Balaban J connectivity index is 3.76. The number of rotatable bonds is 5. The number of carbonyl (C=O) groups is 1. The maximum Gasteiger partial charge on any atom is 0.472 e. The second-order valence-electron chi connectivity index (χ2n) is 2.37. The molecule has 0 aliphatic carbocycles. The maximum atomic E-state index is 10.7. The highest BCUT2D eigenvalue weighted by Gasteiger charge is 2.20. The minimum absolute atomic E-state index is 0.179. The van der Waals surface area contributed by atoms with E-state index in [0.29, 0.717) is 0 Å². The number of hydrogen-bond acceptors (Lipinski definition) is 5. The van der Waals surface area contributed by atoms with E-state index < -0.39 is 19.9 Å². The van der Waals surface area contributed by atoms with Gasteiger partial charge in [0.15, 0.2) is 0 Å². The molecule has 78 valence electrons. The van der Waals surface area contributed by atoms with Crippen LogP contribution in [0.3, 0.4) is 0 Å². The van der Waals surface area contributed by atoms with Crippen molar-refractivity contribution in [2.45, 2.75) is 20.0 Å². The average Bonchev–Trinajstić information content (AvgIpc) is 2.00. The lowest BCUT2D eigenvalue weighted by atomic mass is 10.4. The Morgan fingerprint density at radius 2 is 2.15 bits per heavy atom. The SMILES string of the molecule is COP(=O)(O)OC[C@@H](C)OC(C)=O. The van der Waals surface area contributed by atoms with Crippen molar-refractivity contribution in [3.8, 4) is 0 Å². The van der Waals surface area contributed by atoms with Crippen LogP contribution in [0.4, 0.5) is 0 Å². The molecule has 0 heterocycles. The van der Waals surface area contributed by atoms with Crippen LogP contribution in [0.2, 0.25) is 0 Å². The molecule has 0 aliphatic heterocycles. The van der Waals surface area contributed by atoms with Crippen LogP contribution in [-0.2, 0) is 23.1 Å². The third-order valence-corrected chi connectivity index (χ3v) is 2.01. The van der Waals surface area contributed by atoms with E-state index in [0.717, 1.165) is 7.11 Å². The third-order valence-electron chi connectivity index (χ3n) is 1.07. The second-order valence-corrected chi connectivity index (χ2v) is 3.93. The van der Waals surface area contributed by atoms with Crippen LogP contribution >= 0.6 is 7.82 Å². The van der Waals surface area contributed by atoms with E-state index in [1.54, 1.807) is 0 Å². The minimum atomic E-state index is -3.96. The first kappa shape index (κ1) is 12.6. The number of ether oxygens (including phenoxy) is 1. The van der Waals surface area contributed by atoms with E-state index in [-0.39, 0.29) is 6.61 Å². The van der Waals surface area contributed by atoms with E-state index in [1.807, 2.05) is 0 Å². The Hall–Kier alpha value is -0.420. The van der Waals surface area contributed by atoms with Gasteiger partial charge in [-0.2, -0.15) is 0 Å². The Bertz CT molecular complexity index is 215. The van der Waals surface area contributed by atoms with E-state index >= 15 is 0 Å². The fourth-order valence-electron chi connectivity index (χ4n) is 0.569. The van der Waals surface area contributed by atoms with E-state index in [2.05, 4.69) is 13.8 Å². The van der Waals surface area contributed by atoms with Gasteiger partial charge in [0.05, 0.1) is 6.61 Å². The third kappa shape index (κ3) is 6.72. The Labute approximate surface area is 76.4 Å². The molecule has 0 amide bonds. The summed E-state index contributed by atoms with van der Waals surface area (Å²) in [4.78, 5) is 19.2. The van der Waals surface area contributed by atoms with Gasteiger partial charge in [-0.15, -0.1) is 0 Å². The van der Waals surface area contributed by atoms with Crippen molar-refractivity contribution in [3.63, 3.8) is 0 Å². The lowest BCUT2D eigenvalue weighted by Crippen LogP contribution is -2.18. The summed E-state index contributed by atoms with van der Waals surface area (Å²) in [7, 11) is -2.91. The fraction of sp³-hybridized carbons (Fsp3) is 0.833. The molecule has 0 aromatic heterocycles. The quantitative estimate of drug-likeness (QED) is 0.533. The van der Waals surface area contributed by atoms with Gasteiger partial charge in [0.2, 0.25) is 0 Å². The van der Waals surface area contributed by atoms with Crippen LogP contribution in [0.25, 0.3) is 0 Å². The normalized spacial score (nSPS) is 17.5. The molecular weight excluding hydrogens is 199 g/mol. The topological polar surface area (TPSA) is 82.1 Å². The van der Waals surface area contributed by atoms with Gasteiger partial charge < -0.3 is 9.63 Å². The van der Waals surface area contributed by atoms with E-state index in [4.69, 9.17) is 4.89 Å². The predicted octanol–water partition coefficient (Wildman–Crippen LogP) is 0.701. The smallest absolute Gasteiger partial charge is 0.460 e. The zero-order valence-electron chi connectivity index (χ0n) is 7.72. The highest BCUT2D eigenvalue weighted by molar-refractivity contribution is 7.47. The summed E-state index contributed by atoms with van der Waals surface area (Å²) in [6.45, 7) is 2.60. The molecule has 0 aromatic rings. The van der Waals surface area contributed by atoms with Gasteiger partial charge in [-0.25, -0.2) is 4.57 Å². The first-order valence-corrected chi connectivity index (χ1v) is 5.07. The summed E-state index contributed by atoms with van der Waals surface area (Å²) in [5.41, 5.74) is 0. The van der Waals surface area contributed by atoms with Gasteiger partial charge >= 0.3 is 13.8 Å². The van der Waals surface area contributed by atoms with Gasteiger partial charge in [0, 0.05) is 14.0 Å². The number of hydrogen-bond donors (Lipinski definition) is 1. The zero-order valence-corrected chi connectivity index (χ0v) is 8.61. The first-order valence-electron chi connectivity index (χ1n) is 3.57. The molecular formula is C6H13O6P. The molecule has 0 spiro atoms. The molecule has 2 atom stereocenters.